The summed E-state index contributed by atoms with van der Waals surface area (Å²) in [7, 11) is -3.74. The Morgan fingerprint density at radius 3 is 2.45 bits per heavy atom. The van der Waals surface area contributed by atoms with E-state index in [1.165, 1.54) is 33.8 Å². The first-order chi connectivity index (χ1) is 14.6. The van der Waals surface area contributed by atoms with Crippen molar-refractivity contribution in [2.24, 2.45) is 0 Å². The molecule has 3 aromatic rings. The summed E-state index contributed by atoms with van der Waals surface area (Å²) in [6, 6.07) is 3.82. The number of sulfonamides is 1. The van der Waals surface area contributed by atoms with Gasteiger partial charge in [0.15, 0.2) is 0 Å². The number of carbonyl (C=O) groups is 1. The van der Waals surface area contributed by atoms with Gasteiger partial charge in [-0.2, -0.15) is 4.31 Å². The van der Waals surface area contributed by atoms with Gasteiger partial charge in [-0.05, 0) is 39.0 Å². The van der Waals surface area contributed by atoms with Crippen LogP contribution in [0.15, 0.2) is 27.6 Å². The van der Waals surface area contributed by atoms with Crippen LogP contribution in [-0.4, -0.2) is 47.0 Å². The molecule has 11 heteroatoms. The molecule has 0 saturated heterocycles. The molecule has 0 fully saturated rings. The van der Waals surface area contributed by atoms with Crippen LogP contribution in [-0.2, 0) is 10.0 Å². The molecule has 0 aliphatic rings. The molecule has 2 heterocycles. The summed E-state index contributed by atoms with van der Waals surface area (Å²) in [6.45, 7) is 9.38. The maximum absolute atomic E-state index is 12.9. The average molecular weight is 465 g/mol. The number of aromatic nitrogens is 2. The number of benzene rings is 1. The number of anilines is 1. The number of phenolic OH excluding ortho intramolecular Hbond substituents is 1. The van der Waals surface area contributed by atoms with Crippen LogP contribution >= 0.6 is 11.3 Å². The van der Waals surface area contributed by atoms with Gasteiger partial charge in [-0.1, -0.05) is 19.0 Å². The lowest BCUT2D eigenvalue weighted by atomic mass is 10.2. The van der Waals surface area contributed by atoms with Gasteiger partial charge in [-0.3, -0.25) is 4.79 Å². The van der Waals surface area contributed by atoms with Crippen molar-refractivity contribution in [2.75, 3.05) is 18.4 Å². The lowest BCUT2D eigenvalue weighted by molar-refractivity contribution is 0.102. The summed E-state index contributed by atoms with van der Waals surface area (Å²) in [5, 5.41) is 17.3. The average Bonchev–Trinajstić information content (AvgIpc) is 3.25. The molecule has 2 N–H and O–H groups in total. The predicted octanol–water partition coefficient (Wildman–Crippen LogP) is 3.71. The zero-order chi connectivity index (χ0) is 22.9. The Morgan fingerprint density at radius 1 is 1.19 bits per heavy atom. The Labute approximate surface area is 184 Å². The molecule has 0 spiro atoms. The number of phenols is 1. The molecule has 166 valence electrons. The molecule has 0 unspecified atom stereocenters. The van der Waals surface area contributed by atoms with E-state index in [2.05, 4.69) is 15.5 Å². The first-order valence-electron chi connectivity index (χ1n) is 9.65. The normalized spacial score (nSPS) is 11.8. The van der Waals surface area contributed by atoms with Gasteiger partial charge in [-0.25, -0.2) is 13.4 Å². The highest BCUT2D eigenvalue weighted by Crippen LogP contribution is 2.34. The lowest BCUT2D eigenvalue weighted by Gasteiger charge is -2.19. The molecule has 2 aromatic heterocycles. The number of nitrogens with one attached hydrogen (secondary N) is 1. The molecule has 0 aliphatic heterocycles. The van der Waals surface area contributed by atoms with Crippen molar-refractivity contribution in [1.82, 2.24) is 14.4 Å². The van der Waals surface area contributed by atoms with Gasteiger partial charge < -0.3 is 14.9 Å². The van der Waals surface area contributed by atoms with Gasteiger partial charge in [0.25, 0.3) is 5.91 Å². The van der Waals surface area contributed by atoms with E-state index < -0.39 is 15.9 Å². The summed E-state index contributed by atoms with van der Waals surface area (Å²) < 4.78 is 32.0. The topological polar surface area (TPSA) is 126 Å². The molecular formula is C20H24N4O5S2. The van der Waals surface area contributed by atoms with E-state index in [0.29, 0.717) is 40.1 Å². The number of amides is 1. The largest absolute Gasteiger partial charge is 0.506 e. The summed E-state index contributed by atoms with van der Waals surface area (Å²) in [5.41, 5.74) is 1.92. The monoisotopic (exact) mass is 464 g/mol. The number of aromatic hydroxyl groups is 1. The Balaban J connectivity index is 1.93. The summed E-state index contributed by atoms with van der Waals surface area (Å²) >= 11 is 1.17. The molecule has 9 nitrogen and oxygen atoms in total. The maximum Gasteiger partial charge on any atom is 0.267 e. The number of carbonyl (C=O) groups excluding carboxylic acids is 1. The van der Waals surface area contributed by atoms with Crippen molar-refractivity contribution in [3.05, 3.63) is 40.2 Å². The molecule has 0 saturated carbocycles. The van der Waals surface area contributed by atoms with E-state index in [0.717, 1.165) is 5.56 Å². The lowest BCUT2D eigenvalue weighted by Crippen LogP contribution is -2.30. The third-order valence-electron chi connectivity index (χ3n) is 4.81. The second kappa shape index (κ2) is 8.77. The molecule has 0 radical (unpaired) electrons. The summed E-state index contributed by atoms with van der Waals surface area (Å²) in [6.07, 6.45) is 0. The van der Waals surface area contributed by atoms with E-state index in [-0.39, 0.29) is 16.3 Å². The highest BCUT2D eigenvalue weighted by Gasteiger charge is 2.25. The van der Waals surface area contributed by atoms with Crippen molar-refractivity contribution in [2.45, 2.75) is 39.5 Å². The van der Waals surface area contributed by atoms with E-state index in [9.17, 15) is 18.3 Å². The van der Waals surface area contributed by atoms with Crippen molar-refractivity contribution in [3.8, 4) is 16.3 Å². The number of thiazole rings is 1. The second-order valence-corrected chi connectivity index (χ2v) is 9.79. The van der Waals surface area contributed by atoms with E-state index >= 15 is 0 Å². The molecule has 31 heavy (non-hydrogen) atoms. The van der Waals surface area contributed by atoms with Gasteiger partial charge in [-0.15, -0.1) is 11.3 Å². The predicted molar refractivity (Wildman–Crippen MR) is 118 cm³/mol. The molecule has 1 aromatic carbocycles. The van der Waals surface area contributed by atoms with Crippen molar-refractivity contribution >= 4 is 33.0 Å². The second-order valence-electron chi connectivity index (χ2n) is 6.86. The minimum Gasteiger partial charge on any atom is -0.506 e. The smallest absolute Gasteiger partial charge is 0.267 e. The van der Waals surface area contributed by atoms with Crippen LogP contribution in [0.25, 0.3) is 10.6 Å². The fraction of sp³-hybridized carbons (Fsp3) is 0.350. The standard InChI is InChI=1S/C20H24N4O5S2/c1-6-24(7-2)31(27,28)14-8-9-16(25)15(10-14)22-19(26)18-12(4)21-20(30-18)17-11(3)23-29-13(17)5/h8-10,25H,6-7H2,1-5H3,(H,22,26). The van der Waals surface area contributed by atoms with Crippen LogP contribution in [0.5, 0.6) is 5.75 Å². The first kappa shape index (κ1) is 22.9. The van der Waals surface area contributed by atoms with Crippen molar-refractivity contribution < 1.29 is 22.8 Å². The Hall–Kier alpha value is -2.76. The van der Waals surface area contributed by atoms with Crippen molar-refractivity contribution in [3.63, 3.8) is 0 Å². The number of hydrogen-bond donors (Lipinski definition) is 2. The number of aryl methyl sites for hydroxylation is 3. The molecule has 0 aliphatic carbocycles. The highest BCUT2D eigenvalue weighted by molar-refractivity contribution is 7.89. The first-order valence-corrected chi connectivity index (χ1v) is 11.9. The fourth-order valence-corrected chi connectivity index (χ4v) is 5.76. The van der Waals surface area contributed by atoms with Crippen LogP contribution in [0, 0.1) is 20.8 Å². The Kier molecular flexibility index (Phi) is 6.48. The van der Waals surface area contributed by atoms with Gasteiger partial charge >= 0.3 is 0 Å². The van der Waals surface area contributed by atoms with Crippen LogP contribution < -0.4 is 5.32 Å². The summed E-state index contributed by atoms with van der Waals surface area (Å²) in [4.78, 5) is 17.7. The molecule has 0 atom stereocenters. The van der Waals surface area contributed by atoms with Gasteiger partial charge in [0.2, 0.25) is 10.0 Å². The van der Waals surface area contributed by atoms with Gasteiger partial charge in [0, 0.05) is 13.1 Å². The molecule has 3 rings (SSSR count). The van der Waals surface area contributed by atoms with Gasteiger partial charge in [0.1, 0.15) is 21.4 Å². The molecule has 1 amide bonds. The van der Waals surface area contributed by atoms with Gasteiger partial charge in [0.05, 0.1) is 27.5 Å². The zero-order valence-electron chi connectivity index (χ0n) is 17.9. The van der Waals surface area contributed by atoms with Crippen LogP contribution in [0.3, 0.4) is 0 Å². The third kappa shape index (κ3) is 4.34. The Bertz CT molecular complexity index is 1210. The van der Waals surface area contributed by atoms with E-state index in [4.69, 9.17) is 4.52 Å². The van der Waals surface area contributed by atoms with Crippen molar-refractivity contribution in [1.29, 1.82) is 0 Å². The van der Waals surface area contributed by atoms with E-state index in [1.807, 2.05) is 0 Å². The Morgan fingerprint density at radius 2 is 1.87 bits per heavy atom. The minimum atomic E-state index is -3.74. The SMILES string of the molecule is CCN(CC)S(=O)(=O)c1ccc(O)c(NC(=O)c2sc(-c3c(C)noc3C)nc2C)c1. The third-order valence-corrected chi connectivity index (χ3v) is 8.03. The number of nitrogens with zero attached hydrogens (tertiary/aromatic N) is 3. The van der Waals surface area contributed by atoms with Crippen LogP contribution in [0.1, 0.15) is 40.7 Å². The minimum absolute atomic E-state index is 0.00456. The van der Waals surface area contributed by atoms with Crippen LogP contribution in [0.2, 0.25) is 0 Å². The fourth-order valence-electron chi connectivity index (χ4n) is 3.17. The summed E-state index contributed by atoms with van der Waals surface area (Å²) in [5.74, 6) is -0.133. The molecular weight excluding hydrogens is 440 g/mol. The quantitative estimate of drug-likeness (QED) is 0.511. The number of hydrogen-bond acceptors (Lipinski definition) is 8. The number of rotatable bonds is 7. The zero-order valence-corrected chi connectivity index (χ0v) is 19.5. The molecule has 0 bridgehead atoms. The highest BCUT2D eigenvalue weighted by atomic mass is 32.2. The van der Waals surface area contributed by atoms with Crippen LogP contribution in [0.4, 0.5) is 5.69 Å². The van der Waals surface area contributed by atoms with E-state index in [1.54, 1.807) is 34.6 Å². The maximum atomic E-state index is 12.9.